The second kappa shape index (κ2) is 8.06. The smallest absolute Gasteiger partial charge is 0.255 e. The van der Waals surface area contributed by atoms with E-state index >= 15 is 0 Å². The van der Waals surface area contributed by atoms with E-state index in [4.69, 9.17) is 32.9 Å². The molecule has 0 unspecified atom stereocenters. The molecule has 28 heavy (non-hydrogen) atoms. The highest BCUT2D eigenvalue weighted by Gasteiger charge is 2.26. The number of carbonyl (C=O) groups is 1. The summed E-state index contributed by atoms with van der Waals surface area (Å²) in [4.78, 5) is 21.6. The van der Waals surface area contributed by atoms with Crippen LogP contribution in [0, 0.1) is 0 Å². The zero-order valence-corrected chi connectivity index (χ0v) is 18.8. The maximum atomic E-state index is 12.8. The molecule has 146 valence electrons. The molecule has 1 saturated heterocycles. The Balaban J connectivity index is 1.51. The first-order chi connectivity index (χ1) is 13.5. The largest absolute Gasteiger partial charge is 0.494 e. The van der Waals surface area contributed by atoms with Crippen LogP contribution in [-0.4, -0.2) is 49.1 Å². The Labute approximate surface area is 184 Å². The molecule has 2 heterocycles. The number of piperazine rings is 1. The molecule has 1 aromatic heterocycles. The average Bonchev–Trinajstić information content (AvgIpc) is 3.16. The van der Waals surface area contributed by atoms with Crippen molar-refractivity contribution in [1.29, 1.82) is 0 Å². The average molecular weight is 501 g/mol. The third-order valence-corrected chi connectivity index (χ3v) is 7.06. The fourth-order valence-electron chi connectivity index (χ4n) is 3.17. The summed E-state index contributed by atoms with van der Waals surface area (Å²) in [6.07, 6.45) is 0. The van der Waals surface area contributed by atoms with Gasteiger partial charge in [-0.2, -0.15) is 0 Å². The molecule has 0 bridgehead atoms. The number of aromatic nitrogens is 1. The van der Waals surface area contributed by atoms with Gasteiger partial charge in [0.2, 0.25) is 0 Å². The molecule has 1 aliphatic rings. The third kappa shape index (κ3) is 3.68. The van der Waals surface area contributed by atoms with Crippen LogP contribution < -0.4 is 9.64 Å². The normalized spacial score (nSPS) is 14.6. The molecular formula is C19H16BrCl2N3O2S. The number of anilines is 1. The van der Waals surface area contributed by atoms with Crippen LogP contribution >= 0.6 is 50.5 Å². The van der Waals surface area contributed by atoms with Crippen molar-refractivity contribution in [3.63, 3.8) is 0 Å². The number of fused-ring (bicyclic) bond motifs is 1. The van der Waals surface area contributed by atoms with Crippen LogP contribution in [0.15, 0.2) is 34.8 Å². The number of carbonyl (C=O) groups excluding carboxylic acids is 1. The first kappa shape index (κ1) is 19.8. The zero-order chi connectivity index (χ0) is 19.8. The number of hydrogen-bond acceptors (Lipinski definition) is 5. The Morgan fingerprint density at radius 1 is 1.14 bits per heavy atom. The van der Waals surface area contributed by atoms with E-state index in [0.717, 1.165) is 19.8 Å². The quantitative estimate of drug-likeness (QED) is 0.487. The van der Waals surface area contributed by atoms with E-state index in [1.807, 2.05) is 23.1 Å². The summed E-state index contributed by atoms with van der Waals surface area (Å²) in [6, 6.07) is 8.96. The Bertz CT molecular complexity index is 1050. The summed E-state index contributed by atoms with van der Waals surface area (Å²) >= 11 is 17.5. The van der Waals surface area contributed by atoms with Gasteiger partial charge in [0.25, 0.3) is 5.91 Å². The van der Waals surface area contributed by atoms with Crippen molar-refractivity contribution in [3.05, 3.63) is 50.4 Å². The molecule has 0 saturated carbocycles. The number of halogens is 3. The molecule has 0 N–H and O–H groups in total. The standard InChI is InChI=1S/C19H16BrCl2N3O2S/c1-27-15-5-4-14(22)17-16(15)23-19(28-17)25-8-6-24(7-9-25)18(26)12-10-11(20)2-3-13(12)21/h2-5,10H,6-9H2,1H3. The molecule has 5 nitrogen and oxygen atoms in total. The number of thiazole rings is 1. The summed E-state index contributed by atoms with van der Waals surface area (Å²) in [5.74, 6) is 0.653. The van der Waals surface area contributed by atoms with Gasteiger partial charge in [-0.25, -0.2) is 4.98 Å². The second-order valence-corrected chi connectivity index (χ2v) is 9.03. The van der Waals surface area contributed by atoms with E-state index in [2.05, 4.69) is 20.8 Å². The SMILES string of the molecule is COc1ccc(Cl)c2sc(N3CCN(C(=O)c4cc(Br)ccc4Cl)CC3)nc12. The topological polar surface area (TPSA) is 45.7 Å². The van der Waals surface area contributed by atoms with Crippen molar-refractivity contribution in [2.75, 3.05) is 38.2 Å². The molecule has 4 rings (SSSR count). The van der Waals surface area contributed by atoms with Gasteiger partial charge in [0.05, 0.1) is 27.4 Å². The van der Waals surface area contributed by atoms with Crippen molar-refractivity contribution in [3.8, 4) is 5.75 Å². The van der Waals surface area contributed by atoms with Gasteiger partial charge in [0.15, 0.2) is 5.13 Å². The first-order valence-corrected chi connectivity index (χ1v) is 11.0. The van der Waals surface area contributed by atoms with E-state index in [1.54, 1.807) is 30.6 Å². The molecule has 3 aromatic rings. The van der Waals surface area contributed by atoms with E-state index in [-0.39, 0.29) is 5.91 Å². The molecular weight excluding hydrogens is 485 g/mol. The van der Waals surface area contributed by atoms with E-state index in [1.165, 1.54) is 0 Å². The van der Waals surface area contributed by atoms with Crippen LogP contribution in [0.25, 0.3) is 10.2 Å². The van der Waals surface area contributed by atoms with Gasteiger partial charge in [-0.3, -0.25) is 4.79 Å². The lowest BCUT2D eigenvalue weighted by molar-refractivity contribution is 0.0747. The highest BCUT2D eigenvalue weighted by Crippen LogP contribution is 2.39. The van der Waals surface area contributed by atoms with Crippen LogP contribution in [0.4, 0.5) is 5.13 Å². The lowest BCUT2D eigenvalue weighted by Gasteiger charge is -2.34. The summed E-state index contributed by atoms with van der Waals surface area (Å²) in [6.45, 7) is 2.58. The maximum absolute atomic E-state index is 12.8. The van der Waals surface area contributed by atoms with Crippen molar-refractivity contribution >= 4 is 71.7 Å². The number of ether oxygens (including phenoxy) is 1. The van der Waals surface area contributed by atoms with Gasteiger partial charge >= 0.3 is 0 Å². The Morgan fingerprint density at radius 2 is 1.86 bits per heavy atom. The molecule has 1 aliphatic heterocycles. The molecule has 0 spiro atoms. The molecule has 1 amide bonds. The summed E-state index contributed by atoms with van der Waals surface area (Å²) in [7, 11) is 1.62. The minimum atomic E-state index is -0.0556. The highest BCUT2D eigenvalue weighted by atomic mass is 79.9. The van der Waals surface area contributed by atoms with Crippen molar-refractivity contribution in [1.82, 2.24) is 9.88 Å². The number of hydrogen-bond donors (Lipinski definition) is 0. The molecule has 9 heteroatoms. The van der Waals surface area contributed by atoms with E-state index in [0.29, 0.717) is 47.5 Å². The summed E-state index contributed by atoms with van der Waals surface area (Å²) in [5.41, 5.74) is 1.29. The number of methoxy groups -OCH3 is 1. The predicted octanol–water partition coefficient (Wildman–Crippen LogP) is 5.34. The molecule has 2 aromatic carbocycles. The van der Waals surface area contributed by atoms with Crippen LogP contribution in [0.3, 0.4) is 0 Å². The Kier molecular flexibility index (Phi) is 5.69. The minimum absolute atomic E-state index is 0.0556. The van der Waals surface area contributed by atoms with Crippen LogP contribution in [0.2, 0.25) is 10.0 Å². The van der Waals surface area contributed by atoms with Crippen molar-refractivity contribution < 1.29 is 9.53 Å². The van der Waals surface area contributed by atoms with Gasteiger partial charge < -0.3 is 14.5 Å². The lowest BCUT2D eigenvalue weighted by atomic mass is 10.2. The third-order valence-electron chi connectivity index (χ3n) is 4.66. The van der Waals surface area contributed by atoms with Gasteiger partial charge in [-0.05, 0) is 30.3 Å². The van der Waals surface area contributed by atoms with Gasteiger partial charge in [-0.15, -0.1) is 0 Å². The van der Waals surface area contributed by atoms with Crippen molar-refractivity contribution in [2.45, 2.75) is 0 Å². The number of amides is 1. The number of nitrogens with zero attached hydrogens (tertiary/aromatic N) is 3. The monoisotopic (exact) mass is 499 g/mol. The zero-order valence-electron chi connectivity index (χ0n) is 14.9. The fraction of sp³-hybridized carbons (Fsp3) is 0.263. The molecule has 0 aliphatic carbocycles. The van der Waals surface area contributed by atoms with E-state index < -0.39 is 0 Å². The maximum Gasteiger partial charge on any atom is 0.255 e. The van der Waals surface area contributed by atoms with Crippen molar-refractivity contribution in [2.24, 2.45) is 0 Å². The fourth-order valence-corrected chi connectivity index (χ4v) is 5.04. The van der Waals surface area contributed by atoms with Crippen LogP contribution in [0.1, 0.15) is 10.4 Å². The number of benzene rings is 2. The van der Waals surface area contributed by atoms with Gasteiger partial charge in [0.1, 0.15) is 11.3 Å². The van der Waals surface area contributed by atoms with Gasteiger partial charge in [-0.1, -0.05) is 50.5 Å². The lowest BCUT2D eigenvalue weighted by Crippen LogP contribution is -2.48. The minimum Gasteiger partial charge on any atom is -0.494 e. The van der Waals surface area contributed by atoms with Crippen LogP contribution in [0.5, 0.6) is 5.75 Å². The molecule has 0 radical (unpaired) electrons. The highest BCUT2D eigenvalue weighted by molar-refractivity contribution is 9.10. The van der Waals surface area contributed by atoms with Gasteiger partial charge in [0, 0.05) is 30.7 Å². The molecule has 1 fully saturated rings. The predicted molar refractivity (Wildman–Crippen MR) is 118 cm³/mol. The second-order valence-electron chi connectivity index (χ2n) is 6.33. The Morgan fingerprint density at radius 3 is 2.57 bits per heavy atom. The molecule has 0 atom stereocenters. The van der Waals surface area contributed by atoms with E-state index in [9.17, 15) is 4.79 Å². The first-order valence-electron chi connectivity index (χ1n) is 8.60. The number of rotatable bonds is 3. The Hall–Kier alpha value is -1.54. The van der Waals surface area contributed by atoms with Crippen LogP contribution in [-0.2, 0) is 0 Å². The summed E-state index contributed by atoms with van der Waals surface area (Å²) < 4.78 is 7.14. The summed E-state index contributed by atoms with van der Waals surface area (Å²) in [5, 5.41) is 2.01.